The zero-order valence-electron chi connectivity index (χ0n) is 19.3. The maximum Gasteiger partial charge on any atom is 0.253 e. The van der Waals surface area contributed by atoms with Gasteiger partial charge < -0.3 is 15.3 Å². The number of carbonyl (C=O) groups is 2. The van der Waals surface area contributed by atoms with Gasteiger partial charge in [0.05, 0.1) is 11.2 Å². The number of nitrogens with zero attached hydrogens (tertiary/aromatic N) is 3. The fraction of sp³-hybridized carbons (Fsp3) is 0.440. The van der Waals surface area contributed by atoms with E-state index in [4.69, 9.17) is 16.9 Å². The van der Waals surface area contributed by atoms with Gasteiger partial charge in [-0.25, -0.2) is 4.98 Å². The largest absolute Gasteiger partial charge is 0.384 e. The Morgan fingerprint density at radius 3 is 2.39 bits per heavy atom. The number of likely N-dealkylation sites (tertiary alicyclic amines) is 1. The van der Waals surface area contributed by atoms with Crippen molar-refractivity contribution < 1.29 is 14.7 Å². The van der Waals surface area contributed by atoms with Crippen LogP contribution < -0.4 is 5.32 Å². The highest BCUT2D eigenvalue weighted by Gasteiger charge is 2.50. The zero-order valence-corrected chi connectivity index (χ0v) is 20.1. The fourth-order valence-electron chi connectivity index (χ4n) is 4.30. The highest BCUT2D eigenvalue weighted by Crippen LogP contribution is 2.46. The lowest BCUT2D eigenvalue weighted by atomic mass is 9.66. The summed E-state index contributed by atoms with van der Waals surface area (Å²) in [4.78, 5) is 31.8. The molecule has 0 aliphatic carbocycles. The van der Waals surface area contributed by atoms with Gasteiger partial charge in [-0.2, -0.15) is 5.26 Å². The van der Waals surface area contributed by atoms with E-state index in [9.17, 15) is 14.7 Å². The molecule has 2 atom stereocenters. The summed E-state index contributed by atoms with van der Waals surface area (Å²) in [6.07, 6.45) is 1.69. The molecule has 3 rings (SSSR count). The van der Waals surface area contributed by atoms with Gasteiger partial charge in [-0.3, -0.25) is 9.59 Å². The highest BCUT2D eigenvalue weighted by atomic mass is 35.5. The number of aromatic nitrogens is 1. The van der Waals surface area contributed by atoms with E-state index >= 15 is 0 Å². The summed E-state index contributed by atoms with van der Waals surface area (Å²) in [7, 11) is 0. The van der Waals surface area contributed by atoms with E-state index in [1.54, 1.807) is 17.0 Å². The summed E-state index contributed by atoms with van der Waals surface area (Å²) in [6.45, 7) is 8.32. The second-order valence-electron chi connectivity index (χ2n) is 9.50. The SMILES string of the molecule is CC(C)[C@@H](NC(=O)c1ccc(C#N)nc1)C(=O)N1CC[C@](O)(c2ccc(Cl)cc2)C(C)(C)C1. The minimum absolute atomic E-state index is 0.145. The Bertz CT molecular complexity index is 1060. The quantitative estimate of drug-likeness (QED) is 0.698. The first-order valence-corrected chi connectivity index (χ1v) is 11.3. The van der Waals surface area contributed by atoms with E-state index in [1.807, 2.05) is 45.9 Å². The molecule has 1 aliphatic rings. The number of aliphatic hydroxyl groups is 1. The van der Waals surface area contributed by atoms with Gasteiger partial charge in [-0.15, -0.1) is 0 Å². The number of piperidine rings is 1. The molecule has 0 bridgehead atoms. The van der Waals surface area contributed by atoms with Gasteiger partial charge in [0.15, 0.2) is 0 Å². The number of nitriles is 1. The molecule has 1 aromatic heterocycles. The fourth-order valence-corrected chi connectivity index (χ4v) is 4.43. The van der Waals surface area contributed by atoms with Crippen molar-refractivity contribution in [2.24, 2.45) is 11.3 Å². The Hall–Kier alpha value is -2.95. The van der Waals surface area contributed by atoms with Crippen molar-refractivity contribution in [2.75, 3.05) is 13.1 Å². The molecule has 7 nitrogen and oxygen atoms in total. The first-order valence-electron chi connectivity index (χ1n) is 10.9. The van der Waals surface area contributed by atoms with Gasteiger partial charge in [0, 0.05) is 29.7 Å². The third-order valence-electron chi connectivity index (χ3n) is 6.44. The van der Waals surface area contributed by atoms with E-state index in [0.717, 1.165) is 5.56 Å². The number of hydrogen-bond acceptors (Lipinski definition) is 5. The van der Waals surface area contributed by atoms with Crippen molar-refractivity contribution >= 4 is 23.4 Å². The number of hydrogen-bond donors (Lipinski definition) is 2. The maximum atomic E-state index is 13.4. The monoisotopic (exact) mass is 468 g/mol. The van der Waals surface area contributed by atoms with E-state index in [-0.39, 0.29) is 23.1 Å². The third kappa shape index (κ3) is 5.02. The Kier molecular flexibility index (Phi) is 7.11. The standard InChI is InChI=1S/C25H29ClN4O3/c1-16(2)21(29-22(31)17-5-10-20(13-27)28-14-17)23(32)30-12-11-25(33,24(3,4)15-30)18-6-8-19(26)9-7-18/h5-10,14,16,21,33H,11-12,15H2,1-4H3,(H,29,31)/t21-,25+/m1/s1. The lowest BCUT2D eigenvalue weighted by Gasteiger charge is -2.51. The molecular formula is C25H29ClN4O3. The van der Waals surface area contributed by atoms with E-state index in [1.165, 1.54) is 18.3 Å². The number of halogens is 1. The average molecular weight is 469 g/mol. The molecule has 174 valence electrons. The van der Waals surface area contributed by atoms with Crippen LogP contribution in [0, 0.1) is 22.7 Å². The summed E-state index contributed by atoms with van der Waals surface area (Å²) in [5.41, 5.74) is -0.475. The Labute approximate surface area is 199 Å². The molecule has 1 saturated heterocycles. The highest BCUT2D eigenvalue weighted by molar-refractivity contribution is 6.30. The Morgan fingerprint density at radius 2 is 1.88 bits per heavy atom. The minimum Gasteiger partial charge on any atom is -0.384 e. The number of carbonyl (C=O) groups excluding carboxylic acids is 2. The summed E-state index contributed by atoms with van der Waals surface area (Å²) in [5, 5.41) is 23.9. The smallest absolute Gasteiger partial charge is 0.253 e. The topological polar surface area (TPSA) is 106 Å². The van der Waals surface area contributed by atoms with Crippen molar-refractivity contribution in [3.05, 3.63) is 64.4 Å². The van der Waals surface area contributed by atoms with Crippen LogP contribution in [-0.4, -0.2) is 45.9 Å². The van der Waals surface area contributed by atoms with Crippen molar-refractivity contribution in [3.63, 3.8) is 0 Å². The minimum atomic E-state index is -1.11. The van der Waals surface area contributed by atoms with Crippen molar-refractivity contribution in [3.8, 4) is 6.07 Å². The van der Waals surface area contributed by atoms with Gasteiger partial charge in [-0.05, 0) is 42.2 Å². The molecule has 0 unspecified atom stereocenters. The van der Waals surface area contributed by atoms with Crippen LogP contribution in [0.25, 0.3) is 0 Å². The molecule has 1 fully saturated rings. The first kappa shape index (κ1) is 24.7. The molecule has 33 heavy (non-hydrogen) atoms. The third-order valence-corrected chi connectivity index (χ3v) is 6.69. The zero-order chi connectivity index (χ0) is 24.4. The normalized spacial score (nSPS) is 20.7. The molecule has 0 radical (unpaired) electrons. The molecular weight excluding hydrogens is 440 g/mol. The van der Waals surface area contributed by atoms with Gasteiger partial charge >= 0.3 is 0 Å². The van der Waals surface area contributed by atoms with Crippen molar-refractivity contribution in [2.45, 2.75) is 45.8 Å². The molecule has 1 aliphatic heterocycles. The van der Waals surface area contributed by atoms with Crippen molar-refractivity contribution in [1.29, 1.82) is 5.26 Å². The predicted molar refractivity (Wildman–Crippen MR) is 125 cm³/mol. The summed E-state index contributed by atoms with van der Waals surface area (Å²) < 4.78 is 0. The average Bonchev–Trinajstić information content (AvgIpc) is 2.78. The van der Waals surface area contributed by atoms with Crippen LogP contribution in [0.2, 0.25) is 5.02 Å². The van der Waals surface area contributed by atoms with Gasteiger partial charge in [-0.1, -0.05) is 51.4 Å². The maximum absolute atomic E-state index is 13.4. The van der Waals surface area contributed by atoms with Crippen LogP contribution in [0.3, 0.4) is 0 Å². The summed E-state index contributed by atoms with van der Waals surface area (Å²) in [5.74, 6) is -0.757. The van der Waals surface area contributed by atoms with Crippen LogP contribution in [0.1, 0.15) is 55.7 Å². The molecule has 2 amide bonds. The van der Waals surface area contributed by atoms with Crippen LogP contribution in [-0.2, 0) is 10.4 Å². The van der Waals surface area contributed by atoms with Crippen LogP contribution in [0.4, 0.5) is 0 Å². The van der Waals surface area contributed by atoms with Crippen LogP contribution in [0.15, 0.2) is 42.6 Å². The number of rotatable bonds is 5. The number of nitrogens with one attached hydrogen (secondary N) is 1. The van der Waals surface area contributed by atoms with Gasteiger partial charge in [0.1, 0.15) is 17.8 Å². The molecule has 1 aromatic carbocycles. The first-order chi connectivity index (χ1) is 15.5. The molecule has 0 saturated carbocycles. The summed E-state index contributed by atoms with van der Waals surface area (Å²) in [6, 6.07) is 11.3. The predicted octanol–water partition coefficient (Wildman–Crippen LogP) is 3.51. The van der Waals surface area contributed by atoms with E-state index in [2.05, 4.69) is 10.3 Å². The molecule has 2 N–H and O–H groups in total. The second kappa shape index (κ2) is 9.50. The van der Waals surface area contributed by atoms with E-state index in [0.29, 0.717) is 24.5 Å². The van der Waals surface area contributed by atoms with Crippen LogP contribution >= 0.6 is 11.6 Å². The number of benzene rings is 1. The lowest BCUT2D eigenvalue weighted by molar-refractivity contribution is -0.155. The molecule has 0 spiro atoms. The summed E-state index contributed by atoms with van der Waals surface area (Å²) >= 11 is 6.01. The van der Waals surface area contributed by atoms with Crippen LogP contribution in [0.5, 0.6) is 0 Å². The molecule has 2 heterocycles. The molecule has 8 heteroatoms. The second-order valence-corrected chi connectivity index (χ2v) is 9.94. The van der Waals surface area contributed by atoms with E-state index < -0.39 is 23.0 Å². The van der Waals surface area contributed by atoms with Gasteiger partial charge in [0.25, 0.3) is 5.91 Å². The number of amides is 2. The molecule has 2 aromatic rings. The Balaban J connectivity index is 1.76. The number of pyridine rings is 1. The van der Waals surface area contributed by atoms with Gasteiger partial charge in [0.2, 0.25) is 5.91 Å². The Morgan fingerprint density at radius 1 is 1.21 bits per heavy atom. The lowest BCUT2D eigenvalue weighted by Crippen LogP contribution is -2.60. The van der Waals surface area contributed by atoms with Crippen molar-refractivity contribution in [1.82, 2.24) is 15.2 Å².